The molecule has 0 bridgehead atoms. The zero-order valence-electron chi connectivity index (χ0n) is 11.5. The summed E-state index contributed by atoms with van der Waals surface area (Å²) in [4.78, 5) is 20.2. The highest BCUT2D eigenvalue weighted by Crippen LogP contribution is 2.49. The van der Waals surface area contributed by atoms with Crippen molar-refractivity contribution < 1.29 is 9.53 Å². The number of methoxy groups -OCH3 is 1. The first-order chi connectivity index (χ1) is 9.15. The van der Waals surface area contributed by atoms with E-state index in [1.165, 1.54) is 12.0 Å². The Morgan fingerprint density at radius 1 is 1.68 bits per heavy atom. The molecule has 1 saturated carbocycles. The number of rotatable bonds is 3. The fourth-order valence-corrected chi connectivity index (χ4v) is 4.55. The molecule has 1 aromatic heterocycles. The van der Waals surface area contributed by atoms with Crippen LogP contribution in [0, 0.1) is 18.3 Å². The monoisotopic (exact) mass is 280 g/mol. The van der Waals surface area contributed by atoms with Gasteiger partial charge in [0.1, 0.15) is 0 Å². The van der Waals surface area contributed by atoms with Gasteiger partial charge in [0.25, 0.3) is 0 Å². The van der Waals surface area contributed by atoms with Gasteiger partial charge in [0.2, 0.25) is 0 Å². The van der Waals surface area contributed by atoms with Gasteiger partial charge in [-0.2, -0.15) is 0 Å². The Bertz CT molecular complexity index is 488. The van der Waals surface area contributed by atoms with Crippen LogP contribution in [0.2, 0.25) is 0 Å². The van der Waals surface area contributed by atoms with E-state index in [1.807, 2.05) is 5.51 Å². The lowest BCUT2D eigenvalue weighted by molar-refractivity contribution is -0.153. The number of ether oxygens (including phenoxy) is 1. The number of likely N-dealkylation sites (tertiary alicyclic amines) is 1. The second kappa shape index (κ2) is 4.87. The lowest BCUT2D eigenvalue weighted by Gasteiger charge is -2.25. The van der Waals surface area contributed by atoms with Crippen LogP contribution in [0.1, 0.15) is 29.8 Å². The van der Waals surface area contributed by atoms with Crippen molar-refractivity contribution in [1.29, 1.82) is 0 Å². The number of carbonyl (C=O) groups is 1. The molecule has 1 aromatic rings. The van der Waals surface area contributed by atoms with E-state index in [0.29, 0.717) is 5.92 Å². The minimum atomic E-state index is -0.229. The quantitative estimate of drug-likeness (QED) is 0.796. The third-order valence-electron chi connectivity index (χ3n) is 4.75. The van der Waals surface area contributed by atoms with Crippen LogP contribution < -0.4 is 0 Å². The summed E-state index contributed by atoms with van der Waals surface area (Å²) in [6.45, 7) is 4.85. The van der Waals surface area contributed by atoms with E-state index in [9.17, 15) is 4.79 Å². The first-order valence-electron chi connectivity index (χ1n) is 6.85. The summed E-state index contributed by atoms with van der Waals surface area (Å²) in [5, 5.41) is 0. The first-order valence-corrected chi connectivity index (χ1v) is 7.73. The maximum absolute atomic E-state index is 12.2. The number of aromatic nitrogens is 1. The highest BCUT2D eigenvalue weighted by atomic mass is 32.1. The Hall–Kier alpha value is -0.940. The lowest BCUT2D eigenvalue weighted by Crippen LogP contribution is -2.36. The van der Waals surface area contributed by atoms with E-state index < -0.39 is 0 Å². The van der Waals surface area contributed by atoms with E-state index in [2.05, 4.69) is 16.8 Å². The topological polar surface area (TPSA) is 42.4 Å². The van der Waals surface area contributed by atoms with Crippen molar-refractivity contribution in [3.05, 3.63) is 16.1 Å². The van der Waals surface area contributed by atoms with Crippen LogP contribution in [0.4, 0.5) is 0 Å². The summed E-state index contributed by atoms with van der Waals surface area (Å²) in [6, 6.07) is 0. The molecule has 1 aliphatic carbocycles. The Morgan fingerprint density at radius 2 is 2.53 bits per heavy atom. The number of fused-ring (bicyclic) bond motifs is 1. The molecule has 4 nitrogen and oxygen atoms in total. The predicted octanol–water partition coefficient (Wildman–Crippen LogP) is 2.23. The summed E-state index contributed by atoms with van der Waals surface area (Å²) in [5.74, 6) is 0.478. The van der Waals surface area contributed by atoms with Crippen molar-refractivity contribution in [1.82, 2.24) is 9.88 Å². The van der Waals surface area contributed by atoms with Crippen molar-refractivity contribution in [2.45, 2.75) is 32.7 Å². The molecule has 104 valence electrons. The number of hydrogen-bond acceptors (Lipinski definition) is 5. The fourth-order valence-electron chi connectivity index (χ4n) is 3.73. The van der Waals surface area contributed by atoms with Crippen LogP contribution in [0.15, 0.2) is 5.51 Å². The third kappa shape index (κ3) is 2.09. The Labute approximate surface area is 117 Å². The molecule has 2 atom stereocenters. The van der Waals surface area contributed by atoms with Crippen LogP contribution in [0.5, 0.6) is 0 Å². The largest absolute Gasteiger partial charge is 0.469 e. The maximum Gasteiger partial charge on any atom is 0.313 e. The molecule has 0 aromatic carbocycles. The van der Waals surface area contributed by atoms with Crippen LogP contribution in [-0.4, -0.2) is 36.1 Å². The highest BCUT2D eigenvalue weighted by Gasteiger charge is 2.55. The van der Waals surface area contributed by atoms with Crippen molar-refractivity contribution in [3.8, 4) is 0 Å². The average Bonchev–Trinajstić information content (AvgIpc) is 3.04. The molecular weight excluding hydrogens is 260 g/mol. The van der Waals surface area contributed by atoms with Crippen LogP contribution in [-0.2, 0) is 16.1 Å². The molecule has 5 heteroatoms. The van der Waals surface area contributed by atoms with Crippen molar-refractivity contribution in [2.24, 2.45) is 11.3 Å². The number of carbonyl (C=O) groups excluding carboxylic acids is 1. The van der Waals surface area contributed by atoms with Crippen LogP contribution >= 0.6 is 11.3 Å². The van der Waals surface area contributed by atoms with Gasteiger partial charge in [-0.15, -0.1) is 11.3 Å². The number of hydrogen-bond donors (Lipinski definition) is 0. The van der Waals surface area contributed by atoms with Crippen molar-refractivity contribution in [3.63, 3.8) is 0 Å². The maximum atomic E-state index is 12.2. The Kier molecular flexibility index (Phi) is 3.35. The smallest absolute Gasteiger partial charge is 0.313 e. The van der Waals surface area contributed by atoms with Gasteiger partial charge in [0, 0.05) is 24.5 Å². The molecule has 2 aliphatic rings. The number of aryl methyl sites for hydroxylation is 1. The molecule has 0 unspecified atom stereocenters. The molecule has 0 spiro atoms. The van der Waals surface area contributed by atoms with E-state index in [0.717, 1.165) is 44.6 Å². The van der Waals surface area contributed by atoms with E-state index in [4.69, 9.17) is 4.74 Å². The van der Waals surface area contributed by atoms with E-state index >= 15 is 0 Å². The summed E-state index contributed by atoms with van der Waals surface area (Å²) < 4.78 is 5.07. The van der Waals surface area contributed by atoms with Gasteiger partial charge in [-0.3, -0.25) is 9.69 Å². The molecule has 0 radical (unpaired) electrons. The minimum absolute atomic E-state index is 0.00136. The van der Waals surface area contributed by atoms with Gasteiger partial charge >= 0.3 is 5.97 Å². The Morgan fingerprint density at radius 3 is 3.21 bits per heavy atom. The van der Waals surface area contributed by atoms with Crippen LogP contribution in [0.25, 0.3) is 0 Å². The predicted molar refractivity (Wildman–Crippen MR) is 73.9 cm³/mol. The van der Waals surface area contributed by atoms with E-state index in [1.54, 1.807) is 11.3 Å². The fraction of sp³-hybridized carbons (Fsp3) is 0.714. The summed E-state index contributed by atoms with van der Waals surface area (Å²) in [5.41, 5.74) is 2.79. The van der Waals surface area contributed by atoms with Crippen molar-refractivity contribution in [2.75, 3.05) is 20.2 Å². The van der Waals surface area contributed by atoms with Gasteiger partial charge in [-0.25, -0.2) is 4.98 Å². The van der Waals surface area contributed by atoms with Gasteiger partial charge in [-0.1, -0.05) is 6.42 Å². The molecule has 1 aliphatic heterocycles. The van der Waals surface area contributed by atoms with Gasteiger partial charge in [-0.05, 0) is 25.7 Å². The second-order valence-electron chi connectivity index (χ2n) is 5.77. The molecule has 0 N–H and O–H groups in total. The van der Waals surface area contributed by atoms with Crippen LogP contribution in [0.3, 0.4) is 0 Å². The molecule has 2 heterocycles. The lowest BCUT2D eigenvalue weighted by atomic mass is 9.81. The number of thiazole rings is 1. The molecule has 0 amide bonds. The van der Waals surface area contributed by atoms with Crippen molar-refractivity contribution >= 4 is 17.3 Å². The number of nitrogens with zero attached hydrogens (tertiary/aromatic N) is 2. The Balaban J connectivity index is 1.75. The standard InChI is InChI=1S/C14H20N2O2S/c1-10-12(19-9-15-10)7-16-6-11-4-3-5-14(11,8-16)13(17)18-2/h9,11H,3-8H2,1-2H3/t11-,14+/m1/s1. The summed E-state index contributed by atoms with van der Waals surface area (Å²) >= 11 is 1.71. The van der Waals surface area contributed by atoms with Gasteiger partial charge in [0.05, 0.1) is 23.7 Å². The summed E-state index contributed by atoms with van der Waals surface area (Å²) in [7, 11) is 1.52. The molecule has 2 fully saturated rings. The average molecular weight is 280 g/mol. The highest BCUT2D eigenvalue weighted by molar-refractivity contribution is 7.09. The number of esters is 1. The molecule has 3 rings (SSSR count). The zero-order valence-corrected chi connectivity index (χ0v) is 12.3. The van der Waals surface area contributed by atoms with Gasteiger partial charge in [0.15, 0.2) is 0 Å². The first kappa shape index (κ1) is 13.1. The molecule has 1 saturated heterocycles. The molecular formula is C14H20N2O2S. The minimum Gasteiger partial charge on any atom is -0.469 e. The zero-order chi connectivity index (χ0) is 13.5. The SMILES string of the molecule is COC(=O)[C@]12CCC[C@@H]1CN(Cc1scnc1C)C2. The second-order valence-corrected chi connectivity index (χ2v) is 6.71. The van der Waals surface area contributed by atoms with E-state index in [-0.39, 0.29) is 11.4 Å². The van der Waals surface area contributed by atoms with Gasteiger partial charge < -0.3 is 4.74 Å². The summed E-state index contributed by atoms with van der Waals surface area (Å²) in [6.07, 6.45) is 3.31. The molecule has 19 heavy (non-hydrogen) atoms. The third-order valence-corrected chi connectivity index (χ3v) is 5.67. The normalized spacial score (nSPS) is 30.5.